The number of hydrogen-bond acceptors (Lipinski definition) is 13. The Morgan fingerprint density at radius 2 is 0.900 bits per heavy atom. The van der Waals surface area contributed by atoms with E-state index in [1.165, 1.54) is 62.3 Å². The van der Waals surface area contributed by atoms with Crippen LogP contribution in [0.3, 0.4) is 0 Å². The van der Waals surface area contributed by atoms with E-state index < -0.39 is 93.4 Å². The van der Waals surface area contributed by atoms with Crippen LogP contribution in [0.5, 0.6) is 0 Å². The van der Waals surface area contributed by atoms with Gasteiger partial charge in [-0.3, -0.25) is 9.59 Å². The first-order valence-electron chi connectivity index (χ1n) is 16.4. The Hall–Kier alpha value is -3.07. The molecule has 2 rings (SSSR count). The summed E-state index contributed by atoms with van der Waals surface area (Å²) < 4.78 is 172. The molecule has 0 saturated carbocycles. The number of allylic oxidation sites excluding steroid dienone is 1. The van der Waals surface area contributed by atoms with Crippen LogP contribution < -0.4 is 0 Å². The Labute approximate surface area is 341 Å². The lowest BCUT2D eigenvalue weighted by Gasteiger charge is -2.36. The Kier molecular flexibility index (Phi) is 19.9. The number of aliphatic hydroxyl groups is 3. The molecule has 2 heterocycles. The number of carbonyl (C=O) groups excluding carboxylic acids is 4. The van der Waals surface area contributed by atoms with Gasteiger partial charge in [0.05, 0.1) is 28.0 Å². The van der Waals surface area contributed by atoms with E-state index in [2.05, 4.69) is 32.1 Å². The first kappa shape index (κ1) is 61.2. The predicted molar refractivity (Wildman–Crippen MR) is 183 cm³/mol. The molecular formula is C34H49ClF12O13. The van der Waals surface area contributed by atoms with Crippen LogP contribution in [-0.4, -0.2) is 109 Å². The molecule has 0 radical (unpaired) electrons. The molecular weight excluding hydrogens is 880 g/mol. The molecule has 0 bridgehead atoms. The monoisotopic (exact) mass is 928 g/mol. The lowest BCUT2D eigenvalue weighted by Crippen LogP contribution is -2.57. The number of carbonyl (C=O) groups is 4. The minimum atomic E-state index is -5.09. The predicted octanol–water partition coefficient (Wildman–Crippen LogP) is 7.76. The summed E-state index contributed by atoms with van der Waals surface area (Å²) in [4.78, 5) is 40.7. The normalized spacial score (nSPS) is 20.6. The molecule has 2 saturated heterocycles. The largest absolute Gasteiger partial charge is 0.491 e. The number of halogens is 13. The Bertz CT molecular complexity index is 1490. The maximum absolute atomic E-state index is 13.2. The van der Waals surface area contributed by atoms with Crippen molar-refractivity contribution < 1.29 is 116 Å². The second-order valence-corrected chi connectivity index (χ2v) is 15.7. The summed E-state index contributed by atoms with van der Waals surface area (Å²) >= 11 is 4.87. The standard InChI is InChI=1S/C12H17F3O4.C8H13F3O3.C6H11F3O2.C4H5ClO.C4H3F3O3/c1-7(2)8(16)17-12(11(13,14)15)18-9(3,4)10(5,6)19-12;1-5(2)6(3,4)14-8(12,13-5)7(9,10)11;1-4(2,10)5(3,11)6(7,8)9;1-3(2)4(5)6;1-2(8)10-3(9)4(5,6)7/h1H2,2-6H3;12H,1-4H3;10-11H,1-3H3;1H2,2H3;1H3. The molecule has 60 heavy (non-hydrogen) atoms. The summed E-state index contributed by atoms with van der Waals surface area (Å²) in [5, 5.41) is 26.4. The number of esters is 3. The lowest BCUT2D eigenvalue weighted by molar-refractivity contribution is -0.449. The molecule has 0 amide bonds. The van der Waals surface area contributed by atoms with Crippen LogP contribution in [0.15, 0.2) is 24.3 Å². The van der Waals surface area contributed by atoms with Crippen molar-refractivity contribution in [2.75, 3.05) is 0 Å². The van der Waals surface area contributed by atoms with Gasteiger partial charge in [-0.15, -0.1) is 0 Å². The van der Waals surface area contributed by atoms with Gasteiger partial charge in [-0.2, -0.15) is 52.7 Å². The maximum Gasteiger partial charge on any atom is 0.491 e. The van der Waals surface area contributed by atoms with Gasteiger partial charge >= 0.3 is 54.6 Å². The molecule has 26 heteroatoms. The number of alkyl halides is 12. The number of ether oxygens (including phenoxy) is 6. The minimum absolute atomic E-state index is 0.182. The molecule has 2 aliphatic heterocycles. The average Bonchev–Trinajstić information content (AvgIpc) is 3.25. The molecule has 0 aromatic heterocycles. The van der Waals surface area contributed by atoms with Crippen molar-refractivity contribution in [3.05, 3.63) is 24.3 Å². The summed E-state index contributed by atoms with van der Waals surface area (Å²) in [7, 11) is 0. The summed E-state index contributed by atoms with van der Waals surface area (Å²) in [5.74, 6) is -11.9. The van der Waals surface area contributed by atoms with Crippen molar-refractivity contribution in [1.82, 2.24) is 0 Å². The van der Waals surface area contributed by atoms with E-state index in [0.29, 0.717) is 19.4 Å². The van der Waals surface area contributed by atoms with Crippen molar-refractivity contribution >= 4 is 34.8 Å². The fourth-order valence-electron chi connectivity index (χ4n) is 2.97. The zero-order valence-electron chi connectivity index (χ0n) is 34.8. The highest BCUT2D eigenvalue weighted by Gasteiger charge is 2.73. The molecule has 1 atom stereocenters. The van der Waals surface area contributed by atoms with Crippen molar-refractivity contribution in [2.45, 2.75) is 167 Å². The Morgan fingerprint density at radius 3 is 1.03 bits per heavy atom. The summed E-state index contributed by atoms with van der Waals surface area (Å²) in [5.41, 5.74) is -10.1. The third-order valence-corrected chi connectivity index (χ3v) is 8.62. The molecule has 2 aliphatic rings. The van der Waals surface area contributed by atoms with Gasteiger partial charge in [0.1, 0.15) is 0 Å². The highest BCUT2D eigenvalue weighted by Crippen LogP contribution is 2.52. The highest BCUT2D eigenvalue weighted by atomic mass is 35.5. The van der Waals surface area contributed by atoms with E-state index in [1.807, 2.05) is 0 Å². The molecule has 3 N–H and O–H groups in total. The molecule has 0 aliphatic carbocycles. The van der Waals surface area contributed by atoms with Gasteiger partial charge in [0.25, 0.3) is 0 Å². The van der Waals surface area contributed by atoms with E-state index in [-0.39, 0.29) is 5.57 Å². The fraction of sp³-hybridized carbons (Fsp3) is 0.765. The van der Waals surface area contributed by atoms with Gasteiger partial charge in [-0.05, 0) is 102 Å². The topological polar surface area (TPSA) is 184 Å². The SMILES string of the molecule is C=C(C)C(=O)Cl.C=C(C)C(=O)OC1(C(F)(F)F)OC(C)(C)C(C)(C)O1.CC(=O)OC(=O)C(F)(F)F.CC(C)(O)C(C)(O)C(F)(F)F.CC1(C)OC(O)(C(F)(F)F)OC1(C)C. The molecule has 13 nitrogen and oxygen atoms in total. The molecule has 0 spiro atoms. The summed E-state index contributed by atoms with van der Waals surface area (Å²) in [6, 6.07) is 0. The Morgan fingerprint density at radius 1 is 0.600 bits per heavy atom. The number of hydrogen-bond donors (Lipinski definition) is 3. The minimum Gasteiger partial charge on any atom is -0.397 e. The second kappa shape index (κ2) is 19.5. The number of rotatable bonds is 4. The zero-order chi connectivity index (χ0) is 49.7. The van der Waals surface area contributed by atoms with Crippen molar-refractivity contribution in [3.63, 3.8) is 0 Å². The molecule has 354 valence electrons. The van der Waals surface area contributed by atoms with Gasteiger partial charge in [0, 0.05) is 18.1 Å². The highest BCUT2D eigenvalue weighted by molar-refractivity contribution is 6.67. The van der Waals surface area contributed by atoms with Crippen LogP contribution in [0.1, 0.15) is 96.9 Å². The van der Waals surface area contributed by atoms with Crippen LogP contribution in [0, 0.1) is 0 Å². The first-order chi connectivity index (χ1) is 25.6. The fourth-order valence-corrected chi connectivity index (χ4v) is 2.97. The van der Waals surface area contributed by atoms with Gasteiger partial charge in [-0.25, -0.2) is 9.59 Å². The van der Waals surface area contributed by atoms with E-state index in [9.17, 15) is 71.9 Å². The zero-order valence-corrected chi connectivity index (χ0v) is 35.5. The molecule has 0 aromatic rings. The van der Waals surface area contributed by atoms with Gasteiger partial charge in [-0.1, -0.05) is 13.2 Å². The van der Waals surface area contributed by atoms with E-state index in [4.69, 9.17) is 36.4 Å². The van der Waals surface area contributed by atoms with Crippen LogP contribution >= 0.6 is 11.6 Å². The van der Waals surface area contributed by atoms with Crippen molar-refractivity contribution in [2.24, 2.45) is 0 Å². The average molecular weight is 929 g/mol. The lowest BCUT2D eigenvalue weighted by atomic mass is 9.87. The van der Waals surface area contributed by atoms with Crippen LogP contribution in [0.4, 0.5) is 52.7 Å². The Balaban J connectivity index is -0.000000709. The van der Waals surface area contributed by atoms with Crippen LogP contribution in [0.25, 0.3) is 0 Å². The van der Waals surface area contributed by atoms with Gasteiger partial charge < -0.3 is 43.7 Å². The maximum atomic E-state index is 13.2. The van der Waals surface area contributed by atoms with Crippen LogP contribution in [-0.2, 0) is 47.6 Å². The van der Waals surface area contributed by atoms with Crippen LogP contribution in [0.2, 0.25) is 0 Å². The van der Waals surface area contributed by atoms with E-state index in [1.54, 1.807) is 6.92 Å². The van der Waals surface area contributed by atoms with Crippen molar-refractivity contribution in [1.29, 1.82) is 0 Å². The first-order valence-corrected chi connectivity index (χ1v) is 16.7. The molecule has 2 fully saturated rings. The quantitative estimate of drug-likeness (QED) is 0.0818. The van der Waals surface area contributed by atoms with E-state index in [0.717, 1.165) is 13.8 Å². The summed E-state index contributed by atoms with van der Waals surface area (Å²) in [6.45, 7) is 23.8. The molecule has 1 unspecified atom stereocenters. The third kappa shape index (κ3) is 16.7. The van der Waals surface area contributed by atoms with Crippen molar-refractivity contribution in [3.8, 4) is 0 Å². The second-order valence-electron chi connectivity index (χ2n) is 15.3. The van der Waals surface area contributed by atoms with Gasteiger partial charge in [0.2, 0.25) is 5.24 Å². The molecule has 0 aromatic carbocycles. The van der Waals surface area contributed by atoms with Gasteiger partial charge in [0.15, 0.2) is 5.60 Å². The third-order valence-electron chi connectivity index (χ3n) is 8.29. The smallest absolute Gasteiger partial charge is 0.397 e. The summed E-state index contributed by atoms with van der Waals surface area (Å²) in [6.07, 6.45) is -19.9. The van der Waals surface area contributed by atoms with E-state index >= 15 is 0 Å².